The van der Waals surface area contributed by atoms with Crippen LogP contribution in [0.25, 0.3) is 0 Å². The van der Waals surface area contributed by atoms with Crippen LogP contribution in [0.15, 0.2) is 28.8 Å². The van der Waals surface area contributed by atoms with Crippen molar-refractivity contribution in [1.82, 2.24) is 20.8 Å². The predicted octanol–water partition coefficient (Wildman–Crippen LogP) is 2.63. The molecule has 1 aliphatic carbocycles. The third kappa shape index (κ3) is 4.66. The number of aromatic nitrogens is 2. The molecule has 0 unspecified atom stereocenters. The van der Waals surface area contributed by atoms with Gasteiger partial charge in [-0.15, -0.1) is 0 Å². The summed E-state index contributed by atoms with van der Waals surface area (Å²) in [6.07, 6.45) is 5.80. The van der Waals surface area contributed by atoms with Gasteiger partial charge in [0, 0.05) is 13.5 Å². The standard InChI is InChI=1S/C19H25FN4O2/c1-14-23-18(24-26-14)19(10-3-2-4-11-19)22-13-17(25)21-12-9-15-5-7-16(20)8-6-15/h5-8,22H,2-4,9-13H2,1H3,(H,21,25). The van der Waals surface area contributed by atoms with Gasteiger partial charge < -0.3 is 9.84 Å². The van der Waals surface area contributed by atoms with Gasteiger partial charge in [0.2, 0.25) is 11.8 Å². The van der Waals surface area contributed by atoms with E-state index in [0.717, 1.165) is 31.2 Å². The van der Waals surface area contributed by atoms with E-state index in [1.807, 2.05) is 0 Å². The Morgan fingerprint density at radius 2 is 1.96 bits per heavy atom. The van der Waals surface area contributed by atoms with Gasteiger partial charge in [-0.05, 0) is 37.0 Å². The predicted molar refractivity (Wildman–Crippen MR) is 94.9 cm³/mol. The van der Waals surface area contributed by atoms with Crippen LogP contribution in [0.5, 0.6) is 0 Å². The number of nitrogens with zero attached hydrogens (tertiary/aromatic N) is 2. The first-order valence-corrected chi connectivity index (χ1v) is 9.14. The van der Waals surface area contributed by atoms with Crippen LogP contribution >= 0.6 is 0 Å². The fourth-order valence-corrected chi connectivity index (χ4v) is 3.44. The molecular weight excluding hydrogens is 335 g/mol. The van der Waals surface area contributed by atoms with Gasteiger partial charge in [-0.3, -0.25) is 10.1 Å². The second kappa shape index (κ2) is 8.40. The average molecular weight is 360 g/mol. The first-order valence-electron chi connectivity index (χ1n) is 9.14. The Balaban J connectivity index is 1.50. The van der Waals surface area contributed by atoms with E-state index in [4.69, 9.17) is 4.52 Å². The van der Waals surface area contributed by atoms with E-state index < -0.39 is 0 Å². The lowest BCUT2D eigenvalue weighted by Crippen LogP contribution is -2.49. The third-order valence-corrected chi connectivity index (χ3v) is 4.90. The summed E-state index contributed by atoms with van der Waals surface area (Å²) < 4.78 is 18.0. The molecule has 1 aromatic heterocycles. The summed E-state index contributed by atoms with van der Waals surface area (Å²) in [4.78, 5) is 16.6. The van der Waals surface area contributed by atoms with Crippen molar-refractivity contribution in [2.24, 2.45) is 0 Å². The minimum Gasteiger partial charge on any atom is -0.355 e. The molecule has 0 aliphatic heterocycles. The molecule has 1 fully saturated rings. The van der Waals surface area contributed by atoms with E-state index in [9.17, 15) is 9.18 Å². The van der Waals surface area contributed by atoms with Crippen molar-refractivity contribution in [2.75, 3.05) is 13.1 Å². The second-order valence-electron chi connectivity index (χ2n) is 6.86. The van der Waals surface area contributed by atoms with Crippen LogP contribution in [-0.2, 0) is 16.8 Å². The number of rotatable bonds is 7. The molecule has 1 amide bonds. The maximum Gasteiger partial charge on any atom is 0.233 e. The molecule has 1 aliphatic rings. The molecule has 0 radical (unpaired) electrons. The number of nitrogens with one attached hydrogen (secondary N) is 2. The van der Waals surface area contributed by atoms with Gasteiger partial charge in [-0.2, -0.15) is 4.98 Å². The van der Waals surface area contributed by atoms with E-state index in [1.54, 1.807) is 19.1 Å². The molecule has 1 saturated carbocycles. The molecule has 2 N–H and O–H groups in total. The van der Waals surface area contributed by atoms with E-state index in [0.29, 0.717) is 24.7 Å². The van der Waals surface area contributed by atoms with Crippen LogP contribution in [0.4, 0.5) is 4.39 Å². The smallest absolute Gasteiger partial charge is 0.233 e. The lowest BCUT2D eigenvalue weighted by molar-refractivity contribution is -0.120. The quantitative estimate of drug-likeness (QED) is 0.793. The van der Waals surface area contributed by atoms with E-state index in [2.05, 4.69) is 20.8 Å². The molecule has 1 heterocycles. The number of carbonyl (C=O) groups is 1. The Hall–Kier alpha value is -2.28. The zero-order valence-corrected chi connectivity index (χ0v) is 15.1. The minimum absolute atomic E-state index is 0.0720. The number of benzene rings is 1. The first-order chi connectivity index (χ1) is 12.6. The van der Waals surface area contributed by atoms with Crippen molar-refractivity contribution < 1.29 is 13.7 Å². The first kappa shape index (κ1) is 18.5. The SMILES string of the molecule is Cc1nc(C2(NCC(=O)NCCc3ccc(F)cc3)CCCCC2)no1. The Bertz CT molecular complexity index is 723. The maximum atomic E-state index is 12.9. The number of hydrogen-bond donors (Lipinski definition) is 2. The molecule has 7 heteroatoms. The van der Waals surface area contributed by atoms with Crippen LogP contribution in [0.1, 0.15) is 49.4 Å². The fraction of sp³-hybridized carbons (Fsp3) is 0.526. The van der Waals surface area contributed by atoms with Gasteiger partial charge in [0.15, 0.2) is 5.82 Å². The Kier molecular flexibility index (Phi) is 5.98. The van der Waals surface area contributed by atoms with Crippen molar-refractivity contribution in [3.63, 3.8) is 0 Å². The van der Waals surface area contributed by atoms with Crippen molar-refractivity contribution in [1.29, 1.82) is 0 Å². The minimum atomic E-state index is -0.385. The Morgan fingerprint density at radius 1 is 1.23 bits per heavy atom. The normalized spacial score (nSPS) is 16.4. The molecule has 0 spiro atoms. The highest BCUT2D eigenvalue weighted by atomic mass is 19.1. The summed E-state index contributed by atoms with van der Waals surface area (Å²) >= 11 is 0. The second-order valence-corrected chi connectivity index (χ2v) is 6.86. The summed E-state index contributed by atoms with van der Waals surface area (Å²) in [5.74, 6) is 0.859. The van der Waals surface area contributed by atoms with E-state index in [1.165, 1.54) is 18.6 Å². The summed E-state index contributed by atoms with van der Waals surface area (Å²) in [5.41, 5.74) is 0.607. The molecule has 140 valence electrons. The molecule has 0 atom stereocenters. The Morgan fingerprint density at radius 3 is 2.62 bits per heavy atom. The summed E-state index contributed by atoms with van der Waals surface area (Å²) in [6, 6.07) is 6.32. The molecule has 2 aromatic rings. The Labute approximate surface area is 152 Å². The van der Waals surface area contributed by atoms with Crippen LogP contribution in [0.3, 0.4) is 0 Å². The lowest BCUT2D eigenvalue weighted by atomic mass is 9.81. The van der Waals surface area contributed by atoms with Gasteiger partial charge in [-0.1, -0.05) is 36.6 Å². The largest absolute Gasteiger partial charge is 0.355 e. The highest BCUT2D eigenvalue weighted by Gasteiger charge is 2.38. The summed E-state index contributed by atoms with van der Waals surface area (Å²) in [7, 11) is 0. The number of aryl methyl sites for hydroxylation is 1. The van der Waals surface area contributed by atoms with Crippen molar-refractivity contribution >= 4 is 5.91 Å². The van der Waals surface area contributed by atoms with Gasteiger partial charge in [0.1, 0.15) is 5.82 Å². The summed E-state index contributed by atoms with van der Waals surface area (Å²) in [5, 5.41) is 10.4. The van der Waals surface area contributed by atoms with Crippen LogP contribution in [0.2, 0.25) is 0 Å². The fourth-order valence-electron chi connectivity index (χ4n) is 3.44. The molecule has 6 nitrogen and oxygen atoms in total. The van der Waals surface area contributed by atoms with Crippen molar-refractivity contribution in [3.8, 4) is 0 Å². The molecule has 1 aromatic carbocycles. The zero-order valence-electron chi connectivity index (χ0n) is 15.1. The lowest BCUT2D eigenvalue weighted by Gasteiger charge is -2.35. The number of amides is 1. The van der Waals surface area contributed by atoms with Gasteiger partial charge >= 0.3 is 0 Å². The van der Waals surface area contributed by atoms with Crippen LogP contribution < -0.4 is 10.6 Å². The van der Waals surface area contributed by atoms with E-state index >= 15 is 0 Å². The molecule has 0 saturated heterocycles. The number of carbonyl (C=O) groups excluding carboxylic acids is 1. The molecule has 26 heavy (non-hydrogen) atoms. The summed E-state index contributed by atoms with van der Waals surface area (Å²) in [6.45, 7) is 2.49. The van der Waals surface area contributed by atoms with Gasteiger partial charge in [0.25, 0.3) is 0 Å². The highest BCUT2D eigenvalue weighted by Crippen LogP contribution is 2.35. The number of hydrogen-bond acceptors (Lipinski definition) is 5. The third-order valence-electron chi connectivity index (χ3n) is 4.90. The molecular formula is C19H25FN4O2. The van der Waals surface area contributed by atoms with E-state index in [-0.39, 0.29) is 23.8 Å². The maximum absolute atomic E-state index is 12.9. The van der Waals surface area contributed by atoms with Crippen LogP contribution in [0, 0.1) is 12.7 Å². The topological polar surface area (TPSA) is 80.0 Å². The number of halogens is 1. The monoisotopic (exact) mass is 360 g/mol. The average Bonchev–Trinajstić information content (AvgIpc) is 3.10. The van der Waals surface area contributed by atoms with Crippen molar-refractivity contribution in [2.45, 2.75) is 51.0 Å². The highest BCUT2D eigenvalue weighted by molar-refractivity contribution is 5.78. The van der Waals surface area contributed by atoms with Crippen molar-refractivity contribution in [3.05, 3.63) is 47.4 Å². The van der Waals surface area contributed by atoms with Gasteiger partial charge in [0.05, 0.1) is 12.1 Å². The molecule has 3 rings (SSSR count). The zero-order chi connectivity index (χ0) is 18.4. The van der Waals surface area contributed by atoms with Crippen LogP contribution in [-0.4, -0.2) is 29.1 Å². The molecule has 0 bridgehead atoms. The van der Waals surface area contributed by atoms with Gasteiger partial charge in [-0.25, -0.2) is 4.39 Å².